The van der Waals surface area contributed by atoms with Gasteiger partial charge in [-0.2, -0.15) is 11.3 Å². The topological polar surface area (TPSA) is 54.9 Å². The van der Waals surface area contributed by atoms with E-state index in [9.17, 15) is 4.79 Å². The second-order valence-corrected chi connectivity index (χ2v) is 4.84. The summed E-state index contributed by atoms with van der Waals surface area (Å²) >= 11 is 1.61. The Morgan fingerprint density at radius 1 is 1.21 bits per heavy atom. The molecule has 1 aromatic carbocycles. The molecule has 0 fully saturated rings. The molecular weight excluding hydrogens is 258 g/mol. The van der Waals surface area contributed by atoms with E-state index in [1.54, 1.807) is 11.3 Å². The van der Waals surface area contributed by atoms with Gasteiger partial charge in [0.05, 0.1) is 17.2 Å². The van der Waals surface area contributed by atoms with E-state index in [0.717, 1.165) is 16.6 Å². The van der Waals surface area contributed by atoms with E-state index in [0.29, 0.717) is 12.2 Å². The zero-order chi connectivity index (χ0) is 13.1. The van der Waals surface area contributed by atoms with E-state index in [2.05, 4.69) is 15.3 Å². The van der Waals surface area contributed by atoms with Crippen LogP contribution in [-0.2, 0) is 6.54 Å². The lowest BCUT2D eigenvalue weighted by molar-refractivity contribution is 0.0946. The van der Waals surface area contributed by atoms with Crippen LogP contribution in [0.2, 0.25) is 0 Å². The van der Waals surface area contributed by atoms with Crippen molar-refractivity contribution in [2.45, 2.75) is 6.54 Å². The van der Waals surface area contributed by atoms with Crippen molar-refractivity contribution in [3.05, 3.63) is 58.5 Å². The Hall–Kier alpha value is -2.27. The normalized spacial score (nSPS) is 10.5. The van der Waals surface area contributed by atoms with Crippen LogP contribution in [0, 0.1) is 0 Å². The molecule has 94 valence electrons. The molecule has 0 aliphatic rings. The Bertz CT molecular complexity index is 710. The molecule has 0 saturated heterocycles. The first-order chi connectivity index (χ1) is 9.33. The number of aromatic nitrogens is 2. The minimum Gasteiger partial charge on any atom is -0.347 e. The molecular formula is C14H11N3OS. The van der Waals surface area contributed by atoms with Gasteiger partial charge in [0.1, 0.15) is 5.69 Å². The van der Waals surface area contributed by atoms with Crippen LogP contribution >= 0.6 is 11.3 Å². The maximum absolute atomic E-state index is 12.0. The minimum atomic E-state index is -0.204. The fraction of sp³-hybridized carbons (Fsp3) is 0.0714. The number of carbonyl (C=O) groups is 1. The number of para-hydroxylation sites is 2. The summed E-state index contributed by atoms with van der Waals surface area (Å²) in [5, 5.41) is 6.82. The van der Waals surface area contributed by atoms with Gasteiger partial charge in [-0.25, -0.2) is 4.98 Å². The van der Waals surface area contributed by atoms with Crippen molar-refractivity contribution in [3.8, 4) is 0 Å². The molecule has 3 rings (SSSR count). The molecule has 0 atom stereocenters. The summed E-state index contributed by atoms with van der Waals surface area (Å²) in [6, 6.07) is 9.47. The van der Waals surface area contributed by atoms with Crippen LogP contribution in [0.1, 0.15) is 16.1 Å². The van der Waals surface area contributed by atoms with E-state index in [-0.39, 0.29) is 5.91 Å². The van der Waals surface area contributed by atoms with Gasteiger partial charge in [-0.05, 0) is 34.5 Å². The van der Waals surface area contributed by atoms with E-state index >= 15 is 0 Å². The fourth-order valence-electron chi connectivity index (χ4n) is 1.73. The highest BCUT2D eigenvalue weighted by molar-refractivity contribution is 7.07. The Morgan fingerprint density at radius 3 is 2.84 bits per heavy atom. The first-order valence-electron chi connectivity index (χ1n) is 5.84. The fourth-order valence-corrected chi connectivity index (χ4v) is 2.40. The monoisotopic (exact) mass is 269 g/mol. The molecule has 19 heavy (non-hydrogen) atoms. The van der Waals surface area contributed by atoms with Gasteiger partial charge in [0.15, 0.2) is 0 Å². The van der Waals surface area contributed by atoms with Crippen LogP contribution < -0.4 is 5.32 Å². The van der Waals surface area contributed by atoms with Crippen molar-refractivity contribution in [1.29, 1.82) is 0 Å². The lowest BCUT2D eigenvalue weighted by Gasteiger charge is -2.04. The van der Waals surface area contributed by atoms with Crippen LogP contribution in [0.25, 0.3) is 11.0 Å². The number of amides is 1. The van der Waals surface area contributed by atoms with Crippen molar-refractivity contribution in [2.75, 3.05) is 0 Å². The van der Waals surface area contributed by atoms with Crippen molar-refractivity contribution in [2.24, 2.45) is 0 Å². The van der Waals surface area contributed by atoms with E-state index in [1.807, 2.05) is 41.1 Å². The molecule has 0 saturated carbocycles. The average molecular weight is 269 g/mol. The van der Waals surface area contributed by atoms with Gasteiger partial charge in [0.2, 0.25) is 0 Å². The summed E-state index contributed by atoms with van der Waals surface area (Å²) in [4.78, 5) is 20.5. The van der Waals surface area contributed by atoms with E-state index in [1.165, 1.54) is 6.20 Å². The Morgan fingerprint density at radius 2 is 2.05 bits per heavy atom. The molecule has 0 aliphatic carbocycles. The highest BCUT2D eigenvalue weighted by Crippen LogP contribution is 2.09. The second kappa shape index (κ2) is 5.16. The lowest BCUT2D eigenvalue weighted by Crippen LogP contribution is -2.23. The number of carbonyl (C=O) groups excluding carboxylic acids is 1. The minimum absolute atomic E-state index is 0.204. The standard InChI is InChI=1S/C14H11N3OS/c18-14(16-7-10-5-6-19-9-10)13-8-15-11-3-1-2-4-12(11)17-13/h1-6,8-9H,7H2,(H,16,18). The van der Waals surface area contributed by atoms with Gasteiger partial charge in [0.25, 0.3) is 5.91 Å². The number of thiophene rings is 1. The third kappa shape index (κ3) is 2.61. The molecule has 0 unspecified atom stereocenters. The first kappa shape index (κ1) is 11.8. The van der Waals surface area contributed by atoms with Gasteiger partial charge in [-0.1, -0.05) is 12.1 Å². The summed E-state index contributed by atoms with van der Waals surface area (Å²) in [5.74, 6) is -0.204. The highest BCUT2D eigenvalue weighted by atomic mass is 32.1. The molecule has 0 aliphatic heterocycles. The largest absolute Gasteiger partial charge is 0.347 e. The van der Waals surface area contributed by atoms with Crippen molar-refractivity contribution >= 4 is 28.3 Å². The molecule has 1 N–H and O–H groups in total. The maximum Gasteiger partial charge on any atom is 0.271 e. The summed E-state index contributed by atoms with van der Waals surface area (Å²) in [7, 11) is 0. The molecule has 5 heteroatoms. The zero-order valence-electron chi connectivity index (χ0n) is 10.0. The number of rotatable bonds is 3. The first-order valence-corrected chi connectivity index (χ1v) is 6.78. The number of hydrogen-bond donors (Lipinski definition) is 1. The molecule has 2 heterocycles. The zero-order valence-corrected chi connectivity index (χ0v) is 10.9. The summed E-state index contributed by atoms with van der Waals surface area (Å²) in [6.07, 6.45) is 1.51. The SMILES string of the molecule is O=C(NCc1ccsc1)c1cnc2ccccc2n1. The molecule has 4 nitrogen and oxygen atoms in total. The molecule has 2 aromatic heterocycles. The Kier molecular flexibility index (Phi) is 3.20. The van der Waals surface area contributed by atoms with E-state index < -0.39 is 0 Å². The average Bonchev–Trinajstić information content (AvgIpc) is 2.97. The Labute approximate surface area is 114 Å². The summed E-state index contributed by atoms with van der Waals surface area (Å²) in [5.41, 5.74) is 2.95. The molecule has 3 aromatic rings. The maximum atomic E-state index is 12.0. The predicted octanol–water partition coefficient (Wildman–Crippen LogP) is 2.62. The van der Waals surface area contributed by atoms with Crippen LogP contribution in [0.4, 0.5) is 0 Å². The predicted molar refractivity (Wildman–Crippen MR) is 75.0 cm³/mol. The van der Waals surface area contributed by atoms with Crippen molar-refractivity contribution in [3.63, 3.8) is 0 Å². The van der Waals surface area contributed by atoms with Gasteiger partial charge in [0, 0.05) is 6.54 Å². The van der Waals surface area contributed by atoms with Crippen LogP contribution in [0.15, 0.2) is 47.3 Å². The number of benzene rings is 1. The smallest absolute Gasteiger partial charge is 0.271 e. The van der Waals surface area contributed by atoms with Crippen LogP contribution in [-0.4, -0.2) is 15.9 Å². The number of hydrogen-bond acceptors (Lipinski definition) is 4. The number of nitrogens with zero attached hydrogens (tertiary/aromatic N) is 2. The molecule has 0 radical (unpaired) electrons. The highest BCUT2D eigenvalue weighted by Gasteiger charge is 2.08. The third-order valence-electron chi connectivity index (χ3n) is 2.71. The van der Waals surface area contributed by atoms with Crippen molar-refractivity contribution < 1.29 is 4.79 Å². The van der Waals surface area contributed by atoms with E-state index in [4.69, 9.17) is 0 Å². The van der Waals surface area contributed by atoms with Crippen molar-refractivity contribution in [1.82, 2.24) is 15.3 Å². The number of nitrogens with one attached hydrogen (secondary N) is 1. The molecule has 0 bridgehead atoms. The lowest BCUT2D eigenvalue weighted by atomic mass is 10.3. The number of fused-ring (bicyclic) bond motifs is 1. The second-order valence-electron chi connectivity index (χ2n) is 4.06. The summed E-state index contributed by atoms with van der Waals surface area (Å²) < 4.78 is 0. The summed E-state index contributed by atoms with van der Waals surface area (Å²) in [6.45, 7) is 0.511. The quantitative estimate of drug-likeness (QED) is 0.795. The van der Waals surface area contributed by atoms with Crippen LogP contribution in [0.5, 0.6) is 0 Å². The molecule has 1 amide bonds. The third-order valence-corrected chi connectivity index (χ3v) is 3.45. The van der Waals surface area contributed by atoms with Gasteiger partial charge in [-0.3, -0.25) is 9.78 Å². The Balaban J connectivity index is 1.77. The molecule has 0 spiro atoms. The van der Waals surface area contributed by atoms with Crippen LogP contribution in [0.3, 0.4) is 0 Å². The van der Waals surface area contributed by atoms with Gasteiger partial charge in [-0.15, -0.1) is 0 Å². The van der Waals surface area contributed by atoms with Gasteiger partial charge >= 0.3 is 0 Å². The van der Waals surface area contributed by atoms with Gasteiger partial charge < -0.3 is 5.32 Å².